The van der Waals surface area contributed by atoms with E-state index in [4.69, 9.17) is 9.15 Å². The number of hydrogen-bond donors (Lipinski definition) is 0. The van der Waals surface area contributed by atoms with E-state index in [1.54, 1.807) is 6.08 Å². The molecule has 0 fully saturated rings. The van der Waals surface area contributed by atoms with Gasteiger partial charge in [0, 0.05) is 17.0 Å². The summed E-state index contributed by atoms with van der Waals surface area (Å²) in [7, 11) is 0. The zero-order valence-corrected chi connectivity index (χ0v) is 9.73. The van der Waals surface area contributed by atoms with E-state index in [2.05, 4.69) is 0 Å². The first-order chi connectivity index (χ1) is 8.69. The van der Waals surface area contributed by atoms with Crippen LogP contribution in [0.1, 0.15) is 11.1 Å². The molecule has 0 amide bonds. The minimum absolute atomic E-state index is 0.248. The van der Waals surface area contributed by atoms with Crippen molar-refractivity contribution in [2.24, 2.45) is 0 Å². The Morgan fingerprint density at radius 3 is 2.94 bits per heavy atom. The van der Waals surface area contributed by atoms with Crippen molar-refractivity contribution in [1.29, 1.82) is 0 Å². The van der Waals surface area contributed by atoms with E-state index in [0.717, 1.165) is 17.2 Å². The summed E-state index contributed by atoms with van der Waals surface area (Å²) in [5.41, 5.74) is 2.09. The number of aryl methyl sites for hydroxylation is 1. The van der Waals surface area contributed by atoms with Crippen LogP contribution in [0.3, 0.4) is 0 Å². The monoisotopic (exact) mass is 242 g/mol. The van der Waals surface area contributed by atoms with Crippen LogP contribution in [0.15, 0.2) is 33.0 Å². The van der Waals surface area contributed by atoms with Crippen LogP contribution in [0.25, 0.3) is 17.0 Å². The van der Waals surface area contributed by atoms with Crippen LogP contribution in [-0.4, -0.2) is 12.9 Å². The largest absolute Gasteiger partial charge is 0.488 e. The molecule has 90 valence electrons. The molecular formula is C14H10O4. The summed E-state index contributed by atoms with van der Waals surface area (Å²) in [6.45, 7) is 2.09. The summed E-state index contributed by atoms with van der Waals surface area (Å²) in [5, 5.41) is 0.848. The van der Waals surface area contributed by atoms with Gasteiger partial charge < -0.3 is 9.15 Å². The topological polar surface area (TPSA) is 56.5 Å². The van der Waals surface area contributed by atoms with Crippen molar-refractivity contribution < 1.29 is 13.9 Å². The van der Waals surface area contributed by atoms with Gasteiger partial charge in [0.2, 0.25) is 0 Å². The number of ether oxygens (including phenoxy) is 1. The zero-order valence-electron chi connectivity index (χ0n) is 9.73. The number of aldehydes is 1. The van der Waals surface area contributed by atoms with Gasteiger partial charge >= 0.3 is 5.63 Å². The van der Waals surface area contributed by atoms with Crippen molar-refractivity contribution in [3.05, 3.63) is 45.3 Å². The van der Waals surface area contributed by atoms with Gasteiger partial charge in [0.1, 0.15) is 24.2 Å². The molecule has 4 nitrogen and oxygen atoms in total. The second kappa shape index (κ2) is 3.84. The first kappa shape index (κ1) is 10.8. The highest BCUT2D eigenvalue weighted by molar-refractivity contribution is 5.95. The van der Waals surface area contributed by atoms with Gasteiger partial charge in [0.05, 0.1) is 5.56 Å². The molecule has 0 aliphatic carbocycles. The maximum Gasteiger partial charge on any atom is 0.336 e. The van der Waals surface area contributed by atoms with Crippen molar-refractivity contribution in [2.45, 2.75) is 6.92 Å². The highest BCUT2D eigenvalue weighted by Crippen LogP contribution is 2.33. The highest BCUT2D eigenvalue weighted by atomic mass is 16.5. The lowest BCUT2D eigenvalue weighted by Gasteiger charge is -2.16. The lowest BCUT2D eigenvalue weighted by molar-refractivity contribution is -0.105. The predicted octanol–water partition coefficient (Wildman–Crippen LogP) is 2.08. The van der Waals surface area contributed by atoms with Gasteiger partial charge in [0.15, 0.2) is 0 Å². The van der Waals surface area contributed by atoms with Gasteiger partial charge in [-0.05, 0) is 30.7 Å². The van der Waals surface area contributed by atoms with Crippen molar-refractivity contribution in [2.75, 3.05) is 6.61 Å². The van der Waals surface area contributed by atoms with E-state index in [9.17, 15) is 9.59 Å². The van der Waals surface area contributed by atoms with E-state index < -0.39 is 5.63 Å². The zero-order chi connectivity index (χ0) is 12.7. The van der Waals surface area contributed by atoms with Gasteiger partial charge in [0.25, 0.3) is 0 Å². The number of hydrogen-bond acceptors (Lipinski definition) is 4. The fourth-order valence-electron chi connectivity index (χ4n) is 2.11. The average Bonchev–Trinajstić information content (AvgIpc) is 2.37. The Morgan fingerprint density at radius 2 is 2.17 bits per heavy atom. The Hall–Kier alpha value is -2.36. The SMILES string of the molecule is Cc1cc(=O)oc2c3c(ccc12)OCC(C=O)=C3. The molecule has 0 N–H and O–H groups in total. The third kappa shape index (κ3) is 1.54. The van der Waals surface area contributed by atoms with Gasteiger partial charge in [-0.25, -0.2) is 4.79 Å². The normalized spacial score (nSPS) is 13.7. The predicted molar refractivity (Wildman–Crippen MR) is 66.8 cm³/mol. The summed E-state index contributed by atoms with van der Waals surface area (Å²) < 4.78 is 10.7. The highest BCUT2D eigenvalue weighted by Gasteiger charge is 2.16. The van der Waals surface area contributed by atoms with Gasteiger partial charge in [-0.15, -0.1) is 0 Å². The van der Waals surface area contributed by atoms with Crippen LogP contribution in [0.5, 0.6) is 5.75 Å². The molecule has 3 rings (SSSR count). The van der Waals surface area contributed by atoms with Crippen molar-refractivity contribution in [1.82, 2.24) is 0 Å². The summed E-state index contributed by atoms with van der Waals surface area (Å²) in [6, 6.07) is 5.12. The Labute approximate surface area is 102 Å². The maximum atomic E-state index is 11.4. The molecule has 2 aromatic rings. The van der Waals surface area contributed by atoms with Crippen LogP contribution in [0.4, 0.5) is 0 Å². The Kier molecular flexibility index (Phi) is 2.30. The number of benzene rings is 1. The van der Waals surface area contributed by atoms with Gasteiger partial charge in [-0.3, -0.25) is 4.79 Å². The van der Waals surface area contributed by atoms with Crippen LogP contribution in [-0.2, 0) is 4.79 Å². The molecule has 0 saturated carbocycles. The summed E-state index contributed by atoms with van der Waals surface area (Å²) in [6.07, 6.45) is 2.45. The molecule has 0 unspecified atom stereocenters. The first-order valence-corrected chi connectivity index (χ1v) is 5.55. The lowest BCUT2D eigenvalue weighted by atomic mass is 10.0. The quantitative estimate of drug-likeness (QED) is 0.567. The Bertz CT molecular complexity index is 737. The second-order valence-electron chi connectivity index (χ2n) is 4.23. The molecule has 1 aromatic heterocycles. The van der Waals surface area contributed by atoms with E-state index in [-0.39, 0.29) is 6.61 Å². The first-order valence-electron chi connectivity index (χ1n) is 5.55. The summed E-state index contributed by atoms with van der Waals surface area (Å²) >= 11 is 0. The molecule has 1 aromatic carbocycles. The second-order valence-corrected chi connectivity index (χ2v) is 4.23. The third-order valence-corrected chi connectivity index (χ3v) is 2.99. The molecule has 2 heterocycles. The van der Waals surface area contributed by atoms with Gasteiger partial charge in [-0.2, -0.15) is 0 Å². The van der Waals surface area contributed by atoms with E-state index in [0.29, 0.717) is 22.5 Å². The molecule has 0 atom stereocenters. The number of rotatable bonds is 1. The molecule has 0 radical (unpaired) electrons. The molecule has 1 aliphatic rings. The molecule has 0 spiro atoms. The molecule has 1 aliphatic heterocycles. The van der Waals surface area contributed by atoms with E-state index >= 15 is 0 Å². The van der Waals surface area contributed by atoms with Crippen LogP contribution >= 0.6 is 0 Å². The molecular weight excluding hydrogens is 232 g/mol. The summed E-state index contributed by atoms with van der Waals surface area (Å²) in [5.74, 6) is 0.627. The van der Waals surface area contributed by atoms with E-state index in [1.807, 2.05) is 19.1 Å². The van der Waals surface area contributed by atoms with Crippen LogP contribution in [0, 0.1) is 6.92 Å². The molecule has 18 heavy (non-hydrogen) atoms. The lowest BCUT2D eigenvalue weighted by Crippen LogP contribution is -2.09. The Morgan fingerprint density at radius 1 is 1.33 bits per heavy atom. The fourth-order valence-corrected chi connectivity index (χ4v) is 2.11. The molecule has 4 heteroatoms. The third-order valence-electron chi connectivity index (χ3n) is 2.99. The van der Waals surface area contributed by atoms with Crippen molar-refractivity contribution >= 4 is 23.3 Å². The number of carbonyl (C=O) groups is 1. The fraction of sp³-hybridized carbons (Fsp3) is 0.143. The Balaban J connectivity index is 2.42. The minimum Gasteiger partial charge on any atom is -0.488 e. The van der Waals surface area contributed by atoms with E-state index in [1.165, 1.54) is 6.07 Å². The van der Waals surface area contributed by atoms with Crippen molar-refractivity contribution in [3.8, 4) is 5.75 Å². The van der Waals surface area contributed by atoms with Gasteiger partial charge in [-0.1, -0.05) is 0 Å². The number of carbonyl (C=O) groups excluding carboxylic acids is 1. The maximum absolute atomic E-state index is 11.4. The average molecular weight is 242 g/mol. The number of fused-ring (bicyclic) bond motifs is 3. The van der Waals surface area contributed by atoms with Crippen molar-refractivity contribution in [3.63, 3.8) is 0 Å². The minimum atomic E-state index is -0.403. The van der Waals surface area contributed by atoms with Crippen LogP contribution in [0.2, 0.25) is 0 Å². The molecule has 0 saturated heterocycles. The standard InChI is InChI=1S/C14H10O4/c1-8-4-13(16)18-14-10(8)2-3-12-11(14)5-9(6-15)7-17-12/h2-6H,7H2,1H3. The molecule has 0 bridgehead atoms. The smallest absolute Gasteiger partial charge is 0.336 e. The van der Waals surface area contributed by atoms with Crippen LogP contribution < -0.4 is 10.4 Å². The summed E-state index contributed by atoms with van der Waals surface area (Å²) in [4.78, 5) is 22.2.